The molecule has 1 aliphatic heterocycles. The van der Waals surface area contributed by atoms with E-state index in [1.807, 2.05) is 12.1 Å². The minimum Gasteiger partial charge on any atom is -0.481 e. The maximum atomic E-state index is 5.30. The molecule has 0 aliphatic carbocycles. The Morgan fingerprint density at radius 1 is 1.47 bits per heavy atom. The minimum atomic E-state index is 0.218. The van der Waals surface area contributed by atoms with E-state index in [-0.39, 0.29) is 6.04 Å². The van der Waals surface area contributed by atoms with Crippen molar-refractivity contribution >= 4 is 0 Å². The van der Waals surface area contributed by atoms with E-state index in [2.05, 4.69) is 20.4 Å². The molecule has 2 aromatic rings. The van der Waals surface area contributed by atoms with Crippen molar-refractivity contribution in [3.8, 4) is 5.88 Å². The number of methoxy groups -OCH3 is 1. The highest BCUT2D eigenvalue weighted by Crippen LogP contribution is 2.21. The average molecular weight is 260 g/mol. The summed E-state index contributed by atoms with van der Waals surface area (Å²) in [5.41, 5.74) is 1.03. The number of nitrogens with one attached hydrogen (secondary N) is 1. The lowest BCUT2D eigenvalue weighted by atomic mass is 10.2. The van der Waals surface area contributed by atoms with Gasteiger partial charge in [0.1, 0.15) is 0 Å². The molecule has 100 valence electrons. The molecule has 1 N–H and O–H groups in total. The third-order valence-corrected chi connectivity index (χ3v) is 3.21. The van der Waals surface area contributed by atoms with Gasteiger partial charge in [0.15, 0.2) is 5.82 Å². The van der Waals surface area contributed by atoms with Crippen molar-refractivity contribution in [2.24, 2.45) is 0 Å². The molecule has 1 saturated heterocycles. The van der Waals surface area contributed by atoms with E-state index in [0.29, 0.717) is 24.0 Å². The third-order valence-electron chi connectivity index (χ3n) is 3.21. The molecule has 19 heavy (non-hydrogen) atoms. The molecule has 0 radical (unpaired) electrons. The van der Waals surface area contributed by atoms with Crippen LogP contribution in [0, 0.1) is 0 Å². The fourth-order valence-corrected chi connectivity index (χ4v) is 2.19. The number of hydrogen-bond donors (Lipinski definition) is 1. The Morgan fingerprint density at radius 2 is 2.42 bits per heavy atom. The van der Waals surface area contributed by atoms with E-state index >= 15 is 0 Å². The average Bonchev–Trinajstić information content (AvgIpc) is 3.10. The molecule has 2 aromatic heterocycles. The Labute approximate surface area is 111 Å². The van der Waals surface area contributed by atoms with Crippen LogP contribution in [0.15, 0.2) is 22.9 Å². The molecule has 6 heteroatoms. The lowest BCUT2D eigenvalue weighted by Crippen LogP contribution is -2.13. The van der Waals surface area contributed by atoms with E-state index < -0.39 is 0 Å². The molecule has 1 atom stereocenters. The first kappa shape index (κ1) is 12.1. The van der Waals surface area contributed by atoms with Crippen LogP contribution in [-0.2, 0) is 6.42 Å². The smallest absolute Gasteiger partial charge is 0.243 e. The Balaban J connectivity index is 1.68. The number of nitrogens with zero attached hydrogens (tertiary/aromatic N) is 3. The van der Waals surface area contributed by atoms with Crippen LogP contribution in [0.3, 0.4) is 0 Å². The first-order valence-corrected chi connectivity index (χ1v) is 6.40. The van der Waals surface area contributed by atoms with Crippen molar-refractivity contribution in [2.45, 2.75) is 25.3 Å². The van der Waals surface area contributed by atoms with Crippen LogP contribution in [-0.4, -0.2) is 28.8 Å². The molecule has 0 unspecified atom stereocenters. The molecule has 6 nitrogen and oxygen atoms in total. The van der Waals surface area contributed by atoms with Gasteiger partial charge in [-0.05, 0) is 24.9 Å². The molecule has 0 spiro atoms. The molecular formula is C13H16N4O2. The van der Waals surface area contributed by atoms with Gasteiger partial charge in [-0.25, -0.2) is 4.98 Å². The van der Waals surface area contributed by atoms with Crippen LogP contribution in [0.4, 0.5) is 0 Å². The fraction of sp³-hybridized carbons (Fsp3) is 0.462. The van der Waals surface area contributed by atoms with Crippen molar-refractivity contribution in [2.75, 3.05) is 13.7 Å². The zero-order chi connectivity index (χ0) is 13.1. The molecule has 0 saturated carbocycles. The zero-order valence-corrected chi connectivity index (χ0v) is 10.8. The predicted octanol–water partition coefficient (Wildman–Crippen LogP) is 1.49. The third kappa shape index (κ3) is 2.73. The lowest BCUT2D eigenvalue weighted by molar-refractivity contribution is 0.341. The number of ether oxygens (including phenoxy) is 1. The highest BCUT2D eigenvalue weighted by Gasteiger charge is 2.22. The summed E-state index contributed by atoms with van der Waals surface area (Å²) in [5, 5.41) is 7.35. The standard InChI is InChI=1S/C13H16N4O2/c1-18-12-5-4-9(8-15-12)7-11-16-13(19-17-11)10-3-2-6-14-10/h4-5,8,10,14H,2-3,6-7H2,1H3/t10-/m1/s1. The second kappa shape index (κ2) is 5.36. The molecular weight excluding hydrogens is 244 g/mol. The van der Waals surface area contributed by atoms with Crippen molar-refractivity contribution in [3.63, 3.8) is 0 Å². The second-order valence-corrected chi connectivity index (χ2v) is 4.58. The van der Waals surface area contributed by atoms with Crippen LogP contribution in [0.5, 0.6) is 5.88 Å². The quantitative estimate of drug-likeness (QED) is 0.897. The van der Waals surface area contributed by atoms with E-state index in [4.69, 9.17) is 9.26 Å². The fourth-order valence-electron chi connectivity index (χ4n) is 2.19. The summed E-state index contributed by atoms with van der Waals surface area (Å²) in [4.78, 5) is 8.59. The van der Waals surface area contributed by atoms with E-state index in [1.165, 1.54) is 0 Å². The summed E-state index contributed by atoms with van der Waals surface area (Å²) >= 11 is 0. The van der Waals surface area contributed by atoms with E-state index in [1.54, 1.807) is 13.3 Å². The van der Waals surface area contributed by atoms with Gasteiger partial charge in [-0.15, -0.1) is 0 Å². The van der Waals surface area contributed by atoms with Gasteiger partial charge < -0.3 is 14.6 Å². The zero-order valence-electron chi connectivity index (χ0n) is 10.8. The van der Waals surface area contributed by atoms with Crippen molar-refractivity contribution in [3.05, 3.63) is 35.6 Å². The number of aromatic nitrogens is 3. The maximum Gasteiger partial charge on any atom is 0.243 e. The number of hydrogen-bond acceptors (Lipinski definition) is 6. The van der Waals surface area contributed by atoms with Crippen molar-refractivity contribution in [1.29, 1.82) is 0 Å². The Hall–Kier alpha value is -1.95. The van der Waals surface area contributed by atoms with Crippen LogP contribution in [0.2, 0.25) is 0 Å². The first-order chi connectivity index (χ1) is 9.35. The molecule has 1 fully saturated rings. The van der Waals surface area contributed by atoms with Gasteiger partial charge in [0.05, 0.1) is 13.2 Å². The molecule has 0 amide bonds. The summed E-state index contributed by atoms with van der Waals surface area (Å²) in [5.74, 6) is 1.98. The topological polar surface area (TPSA) is 73.1 Å². The van der Waals surface area contributed by atoms with E-state index in [9.17, 15) is 0 Å². The molecule has 0 bridgehead atoms. The summed E-state index contributed by atoms with van der Waals surface area (Å²) in [6, 6.07) is 4.00. The van der Waals surface area contributed by atoms with Gasteiger partial charge in [0.25, 0.3) is 0 Å². The largest absolute Gasteiger partial charge is 0.481 e. The SMILES string of the molecule is COc1ccc(Cc2noc([C@H]3CCCN3)n2)cn1. The second-order valence-electron chi connectivity index (χ2n) is 4.58. The molecule has 3 heterocycles. The maximum absolute atomic E-state index is 5.30. The lowest BCUT2D eigenvalue weighted by Gasteiger charge is -2.01. The van der Waals surface area contributed by atoms with Crippen LogP contribution < -0.4 is 10.1 Å². The van der Waals surface area contributed by atoms with Crippen molar-refractivity contribution in [1.82, 2.24) is 20.4 Å². The Kier molecular flexibility index (Phi) is 3.41. The van der Waals surface area contributed by atoms with Gasteiger partial charge >= 0.3 is 0 Å². The summed E-state index contributed by atoms with van der Waals surface area (Å²) < 4.78 is 10.3. The van der Waals surface area contributed by atoms with Crippen molar-refractivity contribution < 1.29 is 9.26 Å². The Bertz CT molecular complexity index is 532. The molecule has 1 aliphatic rings. The number of pyridine rings is 1. The van der Waals surface area contributed by atoms with Gasteiger partial charge in [-0.1, -0.05) is 11.2 Å². The van der Waals surface area contributed by atoms with Crippen LogP contribution in [0.1, 0.15) is 36.2 Å². The van der Waals surface area contributed by atoms with Gasteiger partial charge in [0, 0.05) is 18.7 Å². The Morgan fingerprint density at radius 3 is 3.11 bits per heavy atom. The minimum absolute atomic E-state index is 0.218. The normalized spacial score (nSPS) is 18.7. The van der Waals surface area contributed by atoms with Gasteiger partial charge in [-0.2, -0.15) is 4.98 Å². The summed E-state index contributed by atoms with van der Waals surface area (Å²) in [6.45, 7) is 1.02. The monoisotopic (exact) mass is 260 g/mol. The van der Waals surface area contributed by atoms with Gasteiger partial charge in [-0.3, -0.25) is 0 Å². The highest BCUT2D eigenvalue weighted by molar-refractivity contribution is 5.20. The van der Waals surface area contributed by atoms with Gasteiger partial charge in [0.2, 0.25) is 11.8 Å². The first-order valence-electron chi connectivity index (χ1n) is 6.40. The molecule has 3 rings (SSSR count). The van der Waals surface area contributed by atoms with Crippen LogP contribution in [0.25, 0.3) is 0 Å². The van der Waals surface area contributed by atoms with Crippen LogP contribution >= 0.6 is 0 Å². The molecule has 0 aromatic carbocycles. The summed E-state index contributed by atoms with van der Waals surface area (Å²) in [7, 11) is 1.60. The summed E-state index contributed by atoms with van der Waals surface area (Å²) in [6.07, 6.45) is 4.60. The number of rotatable bonds is 4. The highest BCUT2D eigenvalue weighted by atomic mass is 16.5. The predicted molar refractivity (Wildman–Crippen MR) is 67.9 cm³/mol. The van der Waals surface area contributed by atoms with E-state index in [0.717, 1.165) is 24.9 Å².